The second-order valence-corrected chi connectivity index (χ2v) is 6.15. The van der Waals surface area contributed by atoms with Crippen LogP contribution in [-0.4, -0.2) is 12.9 Å². The highest BCUT2D eigenvalue weighted by Crippen LogP contribution is 2.51. The second-order valence-electron chi connectivity index (χ2n) is 4.69. The number of Topliss-reactive ketones (excluding diaryl/α,β-unsaturated/α-hetero) is 1. The van der Waals surface area contributed by atoms with Crippen LogP contribution < -0.4 is 4.74 Å². The van der Waals surface area contributed by atoms with Crippen molar-refractivity contribution in [2.75, 3.05) is 7.11 Å². The van der Waals surface area contributed by atoms with Gasteiger partial charge in [0, 0.05) is 10.5 Å². The topological polar surface area (TPSA) is 26.3 Å². The fraction of sp³-hybridized carbons (Fsp3) is 0.188. The van der Waals surface area contributed by atoms with Gasteiger partial charge in [-0.3, -0.25) is 4.79 Å². The van der Waals surface area contributed by atoms with Crippen molar-refractivity contribution in [3.63, 3.8) is 0 Å². The summed E-state index contributed by atoms with van der Waals surface area (Å²) < 4.78 is 4.69. The van der Waals surface area contributed by atoms with Gasteiger partial charge >= 0.3 is 0 Å². The molecule has 0 aromatic heterocycles. The molecule has 0 aliphatic carbocycles. The van der Waals surface area contributed by atoms with Crippen LogP contribution in [0.2, 0.25) is 0 Å². The van der Waals surface area contributed by atoms with E-state index in [2.05, 4.69) is 0 Å². The Morgan fingerprint density at radius 1 is 1.11 bits per heavy atom. The van der Waals surface area contributed by atoms with Gasteiger partial charge in [0.25, 0.3) is 0 Å². The van der Waals surface area contributed by atoms with Crippen LogP contribution in [0, 0.1) is 0 Å². The molecule has 2 aromatic carbocycles. The Kier molecular flexibility index (Phi) is 2.86. The number of hydrogen-bond donors (Lipinski definition) is 0. The molecule has 1 unspecified atom stereocenters. The summed E-state index contributed by atoms with van der Waals surface area (Å²) in [7, 11) is 1.64. The van der Waals surface area contributed by atoms with Crippen molar-refractivity contribution in [2.45, 2.75) is 16.6 Å². The Balaban J connectivity index is 2.08. The van der Waals surface area contributed by atoms with E-state index >= 15 is 0 Å². The highest BCUT2D eigenvalue weighted by atomic mass is 32.2. The van der Waals surface area contributed by atoms with Crippen molar-refractivity contribution < 1.29 is 9.53 Å². The number of hydrogen-bond acceptors (Lipinski definition) is 3. The molecule has 1 aliphatic heterocycles. The number of ketones is 1. The van der Waals surface area contributed by atoms with Gasteiger partial charge in [-0.2, -0.15) is 0 Å². The minimum absolute atomic E-state index is 0.168. The monoisotopic (exact) mass is 270 g/mol. The number of rotatable bonds is 2. The van der Waals surface area contributed by atoms with Gasteiger partial charge in [-0.05, 0) is 30.7 Å². The first kappa shape index (κ1) is 12.3. The molecule has 19 heavy (non-hydrogen) atoms. The van der Waals surface area contributed by atoms with Crippen molar-refractivity contribution in [3.8, 4) is 5.75 Å². The molecule has 3 heteroatoms. The maximum absolute atomic E-state index is 12.7. The highest BCUT2D eigenvalue weighted by molar-refractivity contribution is 8.01. The molecule has 1 atom stereocenters. The van der Waals surface area contributed by atoms with E-state index in [0.29, 0.717) is 0 Å². The molecule has 0 bridgehead atoms. The van der Waals surface area contributed by atoms with Gasteiger partial charge in [-0.15, -0.1) is 11.8 Å². The summed E-state index contributed by atoms with van der Waals surface area (Å²) in [5, 5.41) is 0. The van der Waals surface area contributed by atoms with Crippen LogP contribution in [0.25, 0.3) is 0 Å². The zero-order valence-corrected chi connectivity index (χ0v) is 11.7. The Morgan fingerprint density at radius 3 is 2.53 bits per heavy atom. The molecule has 1 aliphatic rings. The lowest BCUT2D eigenvalue weighted by Crippen LogP contribution is -2.24. The standard InChI is InChI=1S/C16H14O2S/c1-16(11-6-4-3-5-7-11)15(17)13-9-8-12(18-2)10-14(13)19-16/h3-10H,1-2H3. The molecule has 0 spiro atoms. The molecular formula is C16H14O2S. The third-order valence-corrected chi connectivity index (χ3v) is 4.89. The van der Waals surface area contributed by atoms with Gasteiger partial charge < -0.3 is 4.74 Å². The molecule has 0 amide bonds. The molecule has 1 heterocycles. The summed E-state index contributed by atoms with van der Waals surface area (Å²) >= 11 is 1.60. The minimum atomic E-state index is -0.532. The fourth-order valence-electron chi connectivity index (χ4n) is 2.37. The lowest BCUT2D eigenvalue weighted by atomic mass is 9.92. The van der Waals surface area contributed by atoms with E-state index in [1.807, 2.05) is 55.5 Å². The largest absolute Gasteiger partial charge is 0.497 e. The maximum atomic E-state index is 12.7. The lowest BCUT2D eigenvalue weighted by molar-refractivity contribution is 0.0953. The van der Waals surface area contributed by atoms with E-state index in [0.717, 1.165) is 21.8 Å². The van der Waals surface area contributed by atoms with Gasteiger partial charge in [-0.1, -0.05) is 30.3 Å². The second kappa shape index (κ2) is 4.42. The van der Waals surface area contributed by atoms with Crippen LogP contribution in [0.3, 0.4) is 0 Å². The van der Waals surface area contributed by atoms with E-state index in [1.165, 1.54) is 0 Å². The van der Waals surface area contributed by atoms with Crippen molar-refractivity contribution in [2.24, 2.45) is 0 Å². The van der Waals surface area contributed by atoms with Gasteiger partial charge in [-0.25, -0.2) is 0 Å². The van der Waals surface area contributed by atoms with E-state index < -0.39 is 4.75 Å². The first-order valence-corrected chi connectivity index (χ1v) is 6.94. The molecule has 96 valence electrons. The minimum Gasteiger partial charge on any atom is -0.497 e. The predicted molar refractivity (Wildman–Crippen MR) is 77.0 cm³/mol. The van der Waals surface area contributed by atoms with Crippen LogP contribution in [0.5, 0.6) is 5.75 Å². The van der Waals surface area contributed by atoms with Crippen LogP contribution >= 0.6 is 11.8 Å². The summed E-state index contributed by atoms with van der Waals surface area (Å²) in [5.41, 5.74) is 1.83. The molecule has 0 radical (unpaired) electrons. The summed E-state index contributed by atoms with van der Waals surface area (Å²) in [6.45, 7) is 1.99. The molecule has 2 nitrogen and oxygen atoms in total. The third-order valence-electron chi connectivity index (χ3n) is 3.51. The summed E-state index contributed by atoms with van der Waals surface area (Å²) in [5.74, 6) is 0.956. The Morgan fingerprint density at radius 2 is 1.84 bits per heavy atom. The first-order chi connectivity index (χ1) is 9.15. The zero-order valence-electron chi connectivity index (χ0n) is 10.8. The smallest absolute Gasteiger partial charge is 0.184 e. The molecule has 3 rings (SSSR count). The van der Waals surface area contributed by atoms with Crippen molar-refractivity contribution in [1.82, 2.24) is 0 Å². The SMILES string of the molecule is COc1ccc2c(c1)SC(C)(c1ccccc1)C2=O. The first-order valence-electron chi connectivity index (χ1n) is 6.12. The normalized spacial score (nSPS) is 21.3. The van der Waals surface area contributed by atoms with E-state index in [4.69, 9.17) is 4.74 Å². The van der Waals surface area contributed by atoms with Gasteiger partial charge in [0.1, 0.15) is 10.5 Å². The third kappa shape index (κ3) is 1.85. The number of benzene rings is 2. The van der Waals surface area contributed by atoms with Crippen LogP contribution in [0.1, 0.15) is 22.8 Å². The highest BCUT2D eigenvalue weighted by Gasteiger charge is 2.43. The fourth-order valence-corrected chi connectivity index (χ4v) is 3.71. The van der Waals surface area contributed by atoms with Crippen molar-refractivity contribution >= 4 is 17.5 Å². The van der Waals surface area contributed by atoms with Crippen molar-refractivity contribution in [3.05, 3.63) is 59.7 Å². The average molecular weight is 270 g/mol. The van der Waals surface area contributed by atoms with Crippen molar-refractivity contribution in [1.29, 1.82) is 0 Å². The van der Waals surface area contributed by atoms with E-state index in [9.17, 15) is 4.79 Å². The molecular weight excluding hydrogens is 256 g/mol. The average Bonchev–Trinajstić information content (AvgIpc) is 2.72. The molecule has 0 N–H and O–H groups in total. The van der Waals surface area contributed by atoms with E-state index in [-0.39, 0.29) is 5.78 Å². The molecule has 2 aromatic rings. The number of carbonyl (C=O) groups is 1. The van der Waals surface area contributed by atoms with Crippen LogP contribution in [-0.2, 0) is 4.75 Å². The Hall–Kier alpha value is -1.74. The molecule has 0 saturated carbocycles. The predicted octanol–water partition coefficient (Wildman–Crippen LogP) is 3.90. The lowest BCUT2D eigenvalue weighted by Gasteiger charge is -2.21. The number of methoxy groups -OCH3 is 1. The summed E-state index contributed by atoms with van der Waals surface area (Å²) in [4.78, 5) is 13.7. The number of fused-ring (bicyclic) bond motifs is 1. The van der Waals surface area contributed by atoms with Gasteiger partial charge in [0.15, 0.2) is 5.78 Å². The maximum Gasteiger partial charge on any atom is 0.184 e. The van der Waals surface area contributed by atoms with E-state index in [1.54, 1.807) is 18.9 Å². The number of thioether (sulfide) groups is 1. The molecule has 0 fully saturated rings. The Labute approximate surface area is 116 Å². The summed E-state index contributed by atoms with van der Waals surface area (Å²) in [6, 6.07) is 15.6. The summed E-state index contributed by atoms with van der Waals surface area (Å²) in [6.07, 6.45) is 0. The van der Waals surface area contributed by atoms with Crippen LogP contribution in [0.4, 0.5) is 0 Å². The Bertz CT molecular complexity index is 636. The van der Waals surface area contributed by atoms with Gasteiger partial charge in [0.05, 0.1) is 7.11 Å². The van der Waals surface area contributed by atoms with Crippen LogP contribution in [0.15, 0.2) is 53.4 Å². The number of carbonyl (C=O) groups excluding carboxylic acids is 1. The van der Waals surface area contributed by atoms with Gasteiger partial charge in [0.2, 0.25) is 0 Å². The quantitative estimate of drug-likeness (QED) is 0.828. The number of ether oxygens (including phenoxy) is 1. The zero-order chi connectivity index (χ0) is 13.5. The molecule has 0 saturated heterocycles.